The van der Waals surface area contributed by atoms with Crippen LogP contribution < -0.4 is 0 Å². The first kappa shape index (κ1) is 10.7. The minimum Gasteiger partial charge on any atom is -0.480 e. The minimum atomic E-state index is -1.16. The number of hydrogen-bond donors (Lipinski definition) is 1. The van der Waals surface area contributed by atoms with Crippen LogP contribution in [0.15, 0.2) is 0 Å². The molecule has 0 saturated heterocycles. The Bertz CT molecular complexity index is 270. The molecule has 1 N–H and O–H groups in total. The van der Waals surface area contributed by atoms with E-state index >= 15 is 0 Å². The van der Waals surface area contributed by atoms with Gasteiger partial charge in [0.25, 0.3) is 0 Å². The molecule has 0 spiro atoms. The first-order valence-corrected chi connectivity index (χ1v) is 4.56. The maximum absolute atomic E-state index is 11.5. The predicted octanol–water partition coefficient (Wildman–Crippen LogP) is 0.246. The zero-order valence-corrected chi connectivity index (χ0v) is 8.02. The van der Waals surface area contributed by atoms with Crippen LogP contribution in [0, 0.1) is 5.92 Å². The van der Waals surface area contributed by atoms with Crippen LogP contribution in [0.25, 0.3) is 0 Å². The quantitative estimate of drug-likeness (QED) is 0.706. The molecule has 0 unspecified atom stereocenters. The molecule has 1 fully saturated rings. The van der Waals surface area contributed by atoms with E-state index in [0.717, 1.165) is 24.2 Å². The number of amides is 2. The summed E-state index contributed by atoms with van der Waals surface area (Å²) in [7, 11) is 0. The first-order valence-electron chi connectivity index (χ1n) is 4.56. The van der Waals surface area contributed by atoms with Crippen molar-refractivity contribution < 1.29 is 19.5 Å². The number of aliphatic carboxylic acids is 1. The molecule has 0 aromatic rings. The monoisotopic (exact) mass is 199 g/mol. The van der Waals surface area contributed by atoms with Gasteiger partial charge in [0.05, 0.1) is 0 Å². The summed E-state index contributed by atoms with van der Waals surface area (Å²) in [6.45, 7) is 0.685. The third-order valence-corrected chi connectivity index (χ3v) is 2.39. The van der Waals surface area contributed by atoms with Crippen molar-refractivity contribution in [3.05, 3.63) is 0 Å². The van der Waals surface area contributed by atoms with Gasteiger partial charge in [-0.25, -0.2) is 0 Å². The standard InChI is InChI=1S/C9H13NO4/c1-6(11)10(5-8(12)13)9(14)7-3-2-4-7/h7H,2-5H2,1H3,(H,12,13). The second-order valence-corrected chi connectivity index (χ2v) is 3.46. The third kappa shape index (κ3) is 2.31. The number of hydrogen-bond acceptors (Lipinski definition) is 3. The zero-order valence-electron chi connectivity index (χ0n) is 8.02. The molecule has 0 aromatic carbocycles. The fourth-order valence-corrected chi connectivity index (χ4v) is 1.36. The van der Waals surface area contributed by atoms with Crippen molar-refractivity contribution in [2.24, 2.45) is 5.92 Å². The highest BCUT2D eigenvalue weighted by atomic mass is 16.4. The van der Waals surface area contributed by atoms with E-state index in [0.29, 0.717) is 0 Å². The number of nitrogens with zero attached hydrogens (tertiary/aromatic N) is 1. The Morgan fingerprint density at radius 1 is 1.36 bits per heavy atom. The Hall–Kier alpha value is -1.39. The van der Waals surface area contributed by atoms with Gasteiger partial charge in [-0.3, -0.25) is 19.3 Å². The molecule has 0 aliphatic heterocycles. The van der Waals surface area contributed by atoms with E-state index in [2.05, 4.69) is 0 Å². The van der Waals surface area contributed by atoms with Crippen molar-refractivity contribution in [1.82, 2.24) is 4.90 Å². The highest BCUT2D eigenvalue weighted by molar-refractivity contribution is 5.98. The molecule has 78 valence electrons. The Morgan fingerprint density at radius 3 is 2.21 bits per heavy atom. The van der Waals surface area contributed by atoms with Gasteiger partial charge in [-0.2, -0.15) is 0 Å². The van der Waals surface area contributed by atoms with Gasteiger partial charge in [-0.15, -0.1) is 0 Å². The molecule has 0 radical (unpaired) electrons. The summed E-state index contributed by atoms with van der Waals surface area (Å²) in [5.74, 6) is -2.14. The molecule has 1 saturated carbocycles. The average molecular weight is 199 g/mol. The predicted molar refractivity (Wildman–Crippen MR) is 47.4 cm³/mol. The lowest BCUT2D eigenvalue weighted by Gasteiger charge is -2.28. The molecule has 2 amide bonds. The van der Waals surface area contributed by atoms with Crippen molar-refractivity contribution >= 4 is 17.8 Å². The van der Waals surface area contributed by atoms with Crippen molar-refractivity contribution in [2.45, 2.75) is 26.2 Å². The van der Waals surface area contributed by atoms with E-state index in [1.165, 1.54) is 6.92 Å². The van der Waals surface area contributed by atoms with Crippen LogP contribution in [0.2, 0.25) is 0 Å². The van der Waals surface area contributed by atoms with Crippen LogP contribution in [0.4, 0.5) is 0 Å². The number of imide groups is 1. The largest absolute Gasteiger partial charge is 0.480 e. The number of carbonyl (C=O) groups is 3. The van der Waals surface area contributed by atoms with Crippen molar-refractivity contribution in [3.63, 3.8) is 0 Å². The molecule has 14 heavy (non-hydrogen) atoms. The molecular weight excluding hydrogens is 186 g/mol. The molecule has 0 bridgehead atoms. The number of carboxylic acid groups (broad SMARTS) is 1. The molecule has 5 heteroatoms. The van der Waals surface area contributed by atoms with E-state index in [4.69, 9.17) is 5.11 Å². The summed E-state index contributed by atoms with van der Waals surface area (Å²) in [6, 6.07) is 0. The first-order chi connectivity index (χ1) is 6.52. The van der Waals surface area contributed by atoms with Gasteiger partial charge in [0.1, 0.15) is 6.54 Å². The minimum absolute atomic E-state index is 0.141. The van der Waals surface area contributed by atoms with Crippen molar-refractivity contribution in [2.75, 3.05) is 6.54 Å². The summed E-state index contributed by atoms with van der Waals surface area (Å²) >= 11 is 0. The molecule has 0 heterocycles. The van der Waals surface area contributed by atoms with Crippen LogP contribution in [-0.2, 0) is 14.4 Å². The summed E-state index contributed by atoms with van der Waals surface area (Å²) in [6.07, 6.45) is 2.51. The Kier molecular flexibility index (Phi) is 3.22. The highest BCUT2D eigenvalue weighted by Gasteiger charge is 2.32. The van der Waals surface area contributed by atoms with E-state index in [1.807, 2.05) is 0 Å². The molecule has 0 atom stereocenters. The van der Waals surface area contributed by atoms with Gasteiger partial charge in [0.2, 0.25) is 11.8 Å². The number of carbonyl (C=O) groups excluding carboxylic acids is 2. The Morgan fingerprint density at radius 2 is 1.93 bits per heavy atom. The molecule has 0 aromatic heterocycles. The van der Waals surface area contributed by atoms with E-state index in [9.17, 15) is 14.4 Å². The van der Waals surface area contributed by atoms with E-state index in [1.54, 1.807) is 0 Å². The van der Waals surface area contributed by atoms with E-state index in [-0.39, 0.29) is 11.8 Å². The van der Waals surface area contributed by atoms with Crippen LogP contribution >= 0.6 is 0 Å². The number of rotatable bonds is 3. The summed E-state index contributed by atoms with van der Waals surface area (Å²) in [5.41, 5.74) is 0. The lowest BCUT2D eigenvalue weighted by molar-refractivity contribution is -0.154. The van der Waals surface area contributed by atoms with Gasteiger partial charge in [0.15, 0.2) is 0 Å². The molecular formula is C9H13NO4. The molecule has 1 aliphatic carbocycles. The van der Waals surface area contributed by atoms with Crippen LogP contribution in [0.5, 0.6) is 0 Å². The Labute approximate surface area is 81.7 Å². The SMILES string of the molecule is CC(=O)N(CC(=O)O)C(=O)C1CCC1. The van der Waals surface area contributed by atoms with Crippen molar-refractivity contribution in [1.29, 1.82) is 0 Å². The smallest absolute Gasteiger partial charge is 0.323 e. The normalized spacial score (nSPS) is 15.8. The topological polar surface area (TPSA) is 74.7 Å². The van der Waals surface area contributed by atoms with Crippen molar-refractivity contribution in [3.8, 4) is 0 Å². The fraction of sp³-hybridized carbons (Fsp3) is 0.667. The lowest BCUT2D eigenvalue weighted by atomic mass is 9.84. The second kappa shape index (κ2) is 4.21. The maximum Gasteiger partial charge on any atom is 0.323 e. The zero-order chi connectivity index (χ0) is 10.7. The van der Waals surface area contributed by atoms with Crippen LogP contribution in [-0.4, -0.2) is 34.3 Å². The highest BCUT2D eigenvalue weighted by Crippen LogP contribution is 2.28. The van der Waals surface area contributed by atoms with Gasteiger partial charge >= 0.3 is 5.97 Å². The van der Waals surface area contributed by atoms with Crippen LogP contribution in [0.1, 0.15) is 26.2 Å². The molecule has 5 nitrogen and oxygen atoms in total. The molecule has 1 rings (SSSR count). The lowest BCUT2D eigenvalue weighted by Crippen LogP contribution is -2.44. The number of carboxylic acids is 1. The molecule has 1 aliphatic rings. The van der Waals surface area contributed by atoms with E-state index < -0.39 is 18.4 Å². The summed E-state index contributed by atoms with van der Waals surface area (Å²) in [5, 5.41) is 8.51. The Balaban J connectivity index is 2.61. The van der Waals surface area contributed by atoms with Gasteiger partial charge in [0, 0.05) is 12.8 Å². The van der Waals surface area contributed by atoms with Gasteiger partial charge in [-0.05, 0) is 12.8 Å². The van der Waals surface area contributed by atoms with Gasteiger partial charge in [-0.1, -0.05) is 6.42 Å². The van der Waals surface area contributed by atoms with Gasteiger partial charge < -0.3 is 5.11 Å². The van der Waals surface area contributed by atoms with Crippen LogP contribution in [0.3, 0.4) is 0 Å². The summed E-state index contributed by atoms with van der Waals surface area (Å²) in [4.78, 5) is 33.8. The second-order valence-electron chi connectivity index (χ2n) is 3.46. The average Bonchev–Trinajstić information content (AvgIpc) is 1.95. The fourth-order valence-electron chi connectivity index (χ4n) is 1.36. The third-order valence-electron chi connectivity index (χ3n) is 2.39. The summed E-state index contributed by atoms with van der Waals surface area (Å²) < 4.78 is 0. The maximum atomic E-state index is 11.5.